The van der Waals surface area contributed by atoms with Crippen molar-refractivity contribution >= 4 is 18.7 Å². The van der Waals surface area contributed by atoms with Crippen LogP contribution in [0.25, 0.3) is 0 Å². The summed E-state index contributed by atoms with van der Waals surface area (Å²) < 4.78 is 11.6. The van der Waals surface area contributed by atoms with Gasteiger partial charge in [-0.1, -0.05) is 87.5 Å². The Bertz CT molecular complexity index is 706. The van der Waals surface area contributed by atoms with Crippen molar-refractivity contribution in [3.8, 4) is 6.26 Å². The van der Waals surface area contributed by atoms with Gasteiger partial charge in [0.2, 0.25) is 0 Å². The van der Waals surface area contributed by atoms with Gasteiger partial charge in [0.15, 0.2) is 0 Å². The molecule has 0 aliphatic carbocycles. The van der Waals surface area contributed by atoms with Crippen molar-refractivity contribution in [3.63, 3.8) is 0 Å². The Morgan fingerprint density at radius 2 is 1.50 bits per heavy atom. The third-order valence-corrected chi connectivity index (χ3v) is 9.46. The van der Waals surface area contributed by atoms with Crippen LogP contribution in [0.15, 0.2) is 72.8 Å². The highest BCUT2D eigenvalue weighted by Gasteiger charge is 2.49. The van der Waals surface area contributed by atoms with Gasteiger partial charge >= 0.3 is 0 Å². The second-order valence-corrected chi connectivity index (χ2v) is 11.6. The zero-order valence-corrected chi connectivity index (χ0v) is 17.0. The Morgan fingerprint density at radius 3 is 1.92 bits per heavy atom. The lowest BCUT2D eigenvalue weighted by Gasteiger charge is -2.42. The van der Waals surface area contributed by atoms with E-state index in [1.165, 1.54) is 10.4 Å². The average Bonchev–Trinajstić information content (AvgIpc) is 2.62. The van der Waals surface area contributed by atoms with E-state index in [9.17, 15) is 0 Å². The first-order valence-electron chi connectivity index (χ1n) is 8.88. The summed E-state index contributed by atoms with van der Waals surface area (Å²) in [5.74, 6) is 0. The van der Waals surface area contributed by atoms with Gasteiger partial charge in [-0.15, -0.1) is 0 Å². The molecule has 1 atom stereocenters. The minimum absolute atomic E-state index is 0.0433. The molecular weight excluding hydrogens is 338 g/mol. The van der Waals surface area contributed by atoms with Crippen LogP contribution in [0.4, 0.5) is 0 Å². The van der Waals surface area contributed by atoms with Crippen LogP contribution in [-0.4, -0.2) is 21.0 Å². The average molecular weight is 366 g/mol. The highest BCUT2D eigenvalue weighted by molar-refractivity contribution is 6.99. The van der Waals surface area contributed by atoms with E-state index in [0.29, 0.717) is 6.61 Å². The SMILES string of the molecule is C[C@@H](/C=C/CO[Si](c1ccccc1)(c1ccccc1)C(C)(C)C)OC#N. The van der Waals surface area contributed by atoms with Gasteiger partial charge in [-0.3, -0.25) is 0 Å². The fraction of sp³-hybridized carbons (Fsp3) is 0.318. The molecule has 0 amide bonds. The molecule has 0 fully saturated rings. The number of benzene rings is 2. The minimum atomic E-state index is -2.50. The molecule has 0 unspecified atom stereocenters. The van der Waals surface area contributed by atoms with Gasteiger partial charge in [0.25, 0.3) is 14.6 Å². The fourth-order valence-electron chi connectivity index (χ4n) is 3.30. The smallest absolute Gasteiger partial charge is 0.286 e. The first-order chi connectivity index (χ1) is 12.4. The third-order valence-electron chi connectivity index (χ3n) is 4.46. The Balaban J connectivity index is 2.43. The quantitative estimate of drug-likeness (QED) is 0.423. The van der Waals surface area contributed by atoms with E-state index in [0.717, 1.165) is 0 Å². The second kappa shape index (κ2) is 8.84. The fourth-order valence-corrected chi connectivity index (χ4v) is 7.81. The monoisotopic (exact) mass is 365 g/mol. The molecule has 0 spiro atoms. The topological polar surface area (TPSA) is 42.2 Å². The number of rotatable bonds is 7. The summed E-state index contributed by atoms with van der Waals surface area (Å²) in [5.41, 5.74) is 0. The zero-order chi connectivity index (χ0) is 19.0. The normalized spacial score (nSPS) is 13.3. The summed E-state index contributed by atoms with van der Waals surface area (Å²) in [6.45, 7) is 9.08. The van der Waals surface area contributed by atoms with Gasteiger partial charge < -0.3 is 9.16 Å². The van der Waals surface area contributed by atoms with Crippen LogP contribution in [0.3, 0.4) is 0 Å². The number of ether oxygens (including phenoxy) is 1. The van der Waals surface area contributed by atoms with Crippen LogP contribution in [-0.2, 0) is 9.16 Å². The van der Waals surface area contributed by atoms with Crippen LogP contribution < -0.4 is 10.4 Å². The van der Waals surface area contributed by atoms with E-state index in [1.54, 1.807) is 6.26 Å². The molecule has 0 aromatic heterocycles. The lowest BCUT2D eigenvalue weighted by molar-refractivity contribution is 0.222. The zero-order valence-electron chi connectivity index (χ0n) is 16.0. The maximum atomic E-state index is 8.60. The molecule has 2 rings (SSSR count). The van der Waals surface area contributed by atoms with E-state index in [1.807, 2.05) is 31.2 Å². The van der Waals surface area contributed by atoms with Gasteiger partial charge in [0.05, 0.1) is 6.61 Å². The lowest BCUT2D eigenvalue weighted by Crippen LogP contribution is -2.66. The van der Waals surface area contributed by atoms with E-state index in [4.69, 9.17) is 14.4 Å². The van der Waals surface area contributed by atoms with Crippen LogP contribution in [0.1, 0.15) is 27.7 Å². The summed E-state index contributed by atoms with van der Waals surface area (Å²) in [6, 6.07) is 21.1. The minimum Gasteiger partial charge on any atom is -0.420 e. The predicted molar refractivity (Wildman–Crippen MR) is 109 cm³/mol. The molecule has 136 valence electrons. The van der Waals surface area contributed by atoms with Crippen molar-refractivity contribution < 1.29 is 9.16 Å². The molecule has 0 aliphatic heterocycles. The highest BCUT2D eigenvalue weighted by Crippen LogP contribution is 2.36. The maximum absolute atomic E-state index is 8.60. The molecular formula is C22H27NO2Si. The van der Waals surface area contributed by atoms with Gasteiger partial charge in [-0.2, -0.15) is 5.26 Å². The first kappa shape index (κ1) is 20.0. The first-order valence-corrected chi connectivity index (χ1v) is 10.8. The molecule has 0 heterocycles. The van der Waals surface area contributed by atoms with Crippen LogP contribution in [0.5, 0.6) is 0 Å². The Kier molecular flexibility index (Phi) is 6.79. The van der Waals surface area contributed by atoms with E-state index in [2.05, 4.69) is 69.3 Å². The molecule has 4 heteroatoms. The van der Waals surface area contributed by atoms with Crippen molar-refractivity contribution in [2.75, 3.05) is 6.61 Å². The number of hydrogen-bond donors (Lipinski definition) is 0. The Morgan fingerprint density at radius 1 is 1.00 bits per heavy atom. The van der Waals surface area contributed by atoms with Crippen LogP contribution in [0.2, 0.25) is 5.04 Å². The Hall–Kier alpha value is -2.35. The maximum Gasteiger partial charge on any atom is 0.286 e. The molecule has 0 saturated carbocycles. The van der Waals surface area contributed by atoms with Crippen molar-refractivity contribution in [1.29, 1.82) is 5.26 Å². The van der Waals surface area contributed by atoms with E-state index >= 15 is 0 Å². The number of nitriles is 1. The van der Waals surface area contributed by atoms with Crippen LogP contribution in [0, 0.1) is 11.5 Å². The molecule has 0 bridgehead atoms. The predicted octanol–water partition coefficient (Wildman–Crippen LogP) is 4.01. The van der Waals surface area contributed by atoms with E-state index in [-0.39, 0.29) is 11.1 Å². The van der Waals surface area contributed by atoms with Gasteiger partial charge in [0.1, 0.15) is 6.10 Å². The Labute approximate surface area is 158 Å². The second-order valence-electron chi connectivity index (χ2n) is 7.32. The largest absolute Gasteiger partial charge is 0.420 e. The summed E-state index contributed by atoms with van der Waals surface area (Å²) >= 11 is 0. The van der Waals surface area contributed by atoms with Crippen molar-refractivity contribution in [2.45, 2.75) is 38.8 Å². The summed E-state index contributed by atoms with van der Waals surface area (Å²) in [4.78, 5) is 0. The highest BCUT2D eigenvalue weighted by atomic mass is 28.4. The molecule has 3 nitrogen and oxygen atoms in total. The molecule has 2 aromatic carbocycles. The van der Waals surface area contributed by atoms with Gasteiger partial charge in [0, 0.05) is 0 Å². The van der Waals surface area contributed by atoms with Crippen LogP contribution >= 0.6 is 0 Å². The molecule has 2 aromatic rings. The molecule has 26 heavy (non-hydrogen) atoms. The third kappa shape index (κ3) is 4.43. The number of hydrogen-bond acceptors (Lipinski definition) is 3. The molecule has 0 aliphatic rings. The van der Waals surface area contributed by atoms with Crippen molar-refractivity contribution in [2.24, 2.45) is 0 Å². The summed E-state index contributed by atoms with van der Waals surface area (Å²) in [7, 11) is -2.50. The van der Waals surface area contributed by atoms with Gasteiger partial charge in [-0.25, -0.2) is 0 Å². The molecule has 0 N–H and O–H groups in total. The molecule has 0 saturated heterocycles. The standard InChI is InChI=1S/C22H27NO2Si/c1-19(24-18-23)12-11-17-25-26(22(2,3)4,20-13-7-5-8-14-20)21-15-9-6-10-16-21/h5-16,19H,17H2,1-4H3/b12-11+/t19-/m0/s1. The molecule has 0 radical (unpaired) electrons. The summed E-state index contributed by atoms with van der Waals surface area (Å²) in [5, 5.41) is 11.1. The summed E-state index contributed by atoms with van der Waals surface area (Å²) in [6.07, 6.45) is 5.28. The van der Waals surface area contributed by atoms with Gasteiger partial charge in [-0.05, 0) is 28.4 Å². The van der Waals surface area contributed by atoms with Crippen molar-refractivity contribution in [1.82, 2.24) is 0 Å². The number of nitrogens with zero attached hydrogens (tertiary/aromatic N) is 1. The van der Waals surface area contributed by atoms with E-state index < -0.39 is 8.32 Å². The van der Waals surface area contributed by atoms with Crippen molar-refractivity contribution in [3.05, 3.63) is 72.8 Å². The lowest BCUT2D eigenvalue weighted by atomic mass is 10.2.